The predicted octanol–water partition coefficient (Wildman–Crippen LogP) is 1.48. The van der Waals surface area contributed by atoms with Gasteiger partial charge in [-0.05, 0) is 24.3 Å². The molecule has 3 aromatic rings. The predicted molar refractivity (Wildman–Crippen MR) is 90.5 cm³/mol. The summed E-state index contributed by atoms with van der Waals surface area (Å²) in [6, 6.07) is 10.8. The van der Waals surface area contributed by atoms with Gasteiger partial charge in [-0.2, -0.15) is 0 Å². The first-order valence-electron chi connectivity index (χ1n) is 7.82. The molecule has 0 atom stereocenters. The Morgan fingerprint density at radius 1 is 1.24 bits per heavy atom. The van der Waals surface area contributed by atoms with Gasteiger partial charge < -0.3 is 15.0 Å². The number of amides is 2. The largest absolute Gasteiger partial charge is 0.482 e. The quantitative estimate of drug-likeness (QED) is 0.779. The SMILES string of the molecule is O=C(CCN1C(=O)COc2ccccc21)Nc1ccc2nncn2c1. The number of benzene rings is 1. The van der Waals surface area contributed by atoms with Crippen LogP contribution in [0.5, 0.6) is 5.75 Å². The first-order valence-corrected chi connectivity index (χ1v) is 7.82. The van der Waals surface area contributed by atoms with Gasteiger partial charge >= 0.3 is 0 Å². The fourth-order valence-corrected chi connectivity index (χ4v) is 2.74. The van der Waals surface area contributed by atoms with Gasteiger partial charge in [0.05, 0.1) is 11.4 Å². The Balaban J connectivity index is 1.42. The molecule has 0 saturated carbocycles. The molecule has 1 N–H and O–H groups in total. The van der Waals surface area contributed by atoms with E-state index < -0.39 is 0 Å². The number of pyridine rings is 1. The van der Waals surface area contributed by atoms with E-state index in [-0.39, 0.29) is 24.8 Å². The van der Waals surface area contributed by atoms with Crippen molar-refractivity contribution in [2.75, 3.05) is 23.4 Å². The molecule has 1 aromatic carbocycles. The lowest BCUT2D eigenvalue weighted by molar-refractivity contribution is -0.121. The van der Waals surface area contributed by atoms with E-state index in [1.54, 1.807) is 34.0 Å². The van der Waals surface area contributed by atoms with Crippen molar-refractivity contribution in [3.63, 3.8) is 0 Å². The molecule has 0 radical (unpaired) electrons. The standard InChI is InChI=1S/C17H15N5O3/c23-16(19-12-5-6-15-20-18-11-21(15)9-12)7-8-22-13-3-1-2-4-14(13)25-10-17(22)24/h1-6,9,11H,7-8,10H2,(H,19,23). The second-order valence-corrected chi connectivity index (χ2v) is 5.61. The second kappa shape index (κ2) is 6.23. The molecule has 8 nitrogen and oxygen atoms in total. The maximum atomic E-state index is 12.2. The number of hydrogen-bond acceptors (Lipinski definition) is 5. The minimum atomic E-state index is -0.177. The molecular weight excluding hydrogens is 322 g/mol. The Kier molecular flexibility index (Phi) is 3.77. The highest BCUT2D eigenvalue weighted by Gasteiger charge is 2.25. The van der Waals surface area contributed by atoms with E-state index in [1.807, 2.05) is 24.3 Å². The van der Waals surface area contributed by atoms with Crippen LogP contribution >= 0.6 is 0 Å². The van der Waals surface area contributed by atoms with E-state index in [0.29, 0.717) is 29.3 Å². The highest BCUT2D eigenvalue weighted by Crippen LogP contribution is 2.31. The number of aromatic nitrogens is 3. The smallest absolute Gasteiger partial charge is 0.265 e. The molecule has 25 heavy (non-hydrogen) atoms. The monoisotopic (exact) mass is 337 g/mol. The van der Waals surface area contributed by atoms with Crippen LogP contribution in [-0.4, -0.2) is 39.6 Å². The molecule has 0 aliphatic carbocycles. The number of nitrogens with zero attached hydrogens (tertiary/aromatic N) is 4. The summed E-state index contributed by atoms with van der Waals surface area (Å²) in [5.41, 5.74) is 2.04. The molecule has 0 spiro atoms. The lowest BCUT2D eigenvalue weighted by Gasteiger charge is -2.29. The van der Waals surface area contributed by atoms with Crippen LogP contribution in [0.15, 0.2) is 48.9 Å². The van der Waals surface area contributed by atoms with Crippen LogP contribution in [0.4, 0.5) is 11.4 Å². The van der Waals surface area contributed by atoms with Gasteiger partial charge in [0.1, 0.15) is 12.1 Å². The van der Waals surface area contributed by atoms with E-state index in [2.05, 4.69) is 15.5 Å². The summed E-state index contributed by atoms with van der Waals surface area (Å²) in [7, 11) is 0. The molecule has 126 valence electrons. The summed E-state index contributed by atoms with van der Waals surface area (Å²) in [5.74, 6) is 0.321. The maximum Gasteiger partial charge on any atom is 0.265 e. The van der Waals surface area contributed by atoms with E-state index >= 15 is 0 Å². The Morgan fingerprint density at radius 3 is 3.04 bits per heavy atom. The Morgan fingerprint density at radius 2 is 2.12 bits per heavy atom. The fourth-order valence-electron chi connectivity index (χ4n) is 2.74. The Bertz CT molecular complexity index is 952. The second-order valence-electron chi connectivity index (χ2n) is 5.61. The van der Waals surface area contributed by atoms with Gasteiger partial charge in [-0.3, -0.25) is 14.0 Å². The number of carbonyl (C=O) groups is 2. The van der Waals surface area contributed by atoms with Gasteiger partial charge in [0, 0.05) is 19.2 Å². The third-order valence-electron chi connectivity index (χ3n) is 3.95. The molecular formula is C17H15N5O3. The normalized spacial score (nSPS) is 13.4. The van der Waals surface area contributed by atoms with Gasteiger partial charge in [-0.1, -0.05) is 12.1 Å². The first-order chi connectivity index (χ1) is 12.2. The molecule has 0 unspecified atom stereocenters. The highest BCUT2D eigenvalue weighted by molar-refractivity contribution is 5.99. The lowest BCUT2D eigenvalue weighted by Crippen LogP contribution is -2.40. The number of carbonyl (C=O) groups excluding carboxylic acids is 2. The number of hydrogen-bond donors (Lipinski definition) is 1. The first kappa shape index (κ1) is 15.1. The van der Waals surface area contributed by atoms with Crippen molar-refractivity contribution in [3.8, 4) is 5.75 Å². The number of fused-ring (bicyclic) bond motifs is 2. The minimum absolute atomic E-state index is 0.0110. The van der Waals surface area contributed by atoms with Crippen LogP contribution in [0.25, 0.3) is 5.65 Å². The number of rotatable bonds is 4. The maximum absolute atomic E-state index is 12.2. The van der Waals surface area contributed by atoms with Crippen molar-refractivity contribution >= 4 is 28.8 Å². The summed E-state index contributed by atoms with van der Waals surface area (Å²) in [5, 5.41) is 10.5. The zero-order valence-corrected chi connectivity index (χ0v) is 13.3. The molecule has 0 bridgehead atoms. The van der Waals surface area contributed by atoms with Crippen LogP contribution < -0.4 is 15.0 Å². The number of nitrogens with one attached hydrogen (secondary N) is 1. The van der Waals surface area contributed by atoms with Gasteiger partial charge in [0.25, 0.3) is 5.91 Å². The summed E-state index contributed by atoms with van der Waals surface area (Å²) in [6.45, 7) is 0.281. The summed E-state index contributed by atoms with van der Waals surface area (Å²) in [6.07, 6.45) is 3.48. The molecule has 8 heteroatoms. The van der Waals surface area contributed by atoms with Crippen LogP contribution in [0.1, 0.15) is 6.42 Å². The summed E-state index contributed by atoms with van der Waals surface area (Å²) in [4.78, 5) is 25.9. The van der Waals surface area contributed by atoms with Gasteiger partial charge in [0.2, 0.25) is 5.91 Å². The van der Waals surface area contributed by atoms with Gasteiger partial charge in [0.15, 0.2) is 12.3 Å². The average Bonchev–Trinajstić information content (AvgIpc) is 3.08. The lowest BCUT2D eigenvalue weighted by atomic mass is 10.2. The third kappa shape index (κ3) is 3.01. The van der Waals surface area contributed by atoms with Crippen molar-refractivity contribution in [2.45, 2.75) is 6.42 Å². The van der Waals surface area contributed by atoms with Crippen LogP contribution in [0.3, 0.4) is 0 Å². The zero-order chi connectivity index (χ0) is 17.2. The van der Waals surface area contributed by atoms with Gasteiger partial charge in [-0.25, -0.2) is 0 Å². The molecule has 2 amide bonds. The molecule has 1 aliphatic rings. The number of ether oxygens (including phenoxy) is 1. The number of anilines is 2. The van der Waals surface area contributed by atoms with E-state index in [9.17, 15) is 9.59 Å². The van der Waals surface area contributed by atoms with Gasteiger partial charge in [-0.15, -0.1) is 10.2 Å². The summed E-state index contributed by atoms with van der Waals surface area (Å²) >= 11 is 0. The minimum Gasteiger partial charge on any atom is -0.482 e. The number of para-hydroxylation sites is 2. The molecule has 4 rings (SSSR count). The zero-order valence-electron chi connectivity index (χ0n) is 13.3. The van der Waals surface area contributed by atoms with Crippen molar-refractivity contribution in [3.05, 3.63) is 48.9 Å². The van der Waals surface area contributed by atoms with E-state index in [1.165, 1.54) is 0 Å². The van der Waals surface area contributed by atoms with Crippen LogP contribution in [0.2, 0.25) is 0 Å². The Labute approximate surface area is 143 Å². The van der Waals surface area contributed by atoms with Crippen molar-refractivity contribution in [1.82, 2.24) is 14.6 Å². The van der Waals surface area contributed by atoms with E-state index in [4.69, 9.17) is 4.74 Å². The van der Waals surface area contributed by atoms with Crippen LogP contribution in [-0.2, 0) is 9.59 Å². The molecule has 1 aliphatic heterocycles. The Hall–Kier alpha value is -3.42. The van der Waals surface area contributed by atoms with Crippen molar-refractivity contribution in [1.29, 1.82) is 0 Å². The van der Waals surface area contributed by atoms with Crippen LogP contribution in [0, 0.1) is 0 Å². The molecule has 3 heterocycles. The molecule has 0 saturated heterocycles. The highest BCUT2D eigenvalue weighted by atomic mass is 16.5. The van der Waals surface area contributed by atoms with Crippen molar-refractivity contribution < 1.29 is 14.3 Å². The summed E-state index contributed by atoms with van der Waals surface area (Å²) < 4.78 is 7.11. The molecule has 2 aromatic heterocycles. The average molecular weight is 337 g/mol. The van der Waals surface area contributed by atoms with E-state index in [0.717, 1.165) is 0 Å². The fraction of sp³-hybridized carbons (Fsp3) is 0.176. The topological polar surface area (TPSA) is 88.8 Å². The van der Waals surface area contributed by atoms with Crippen molar-refractivity contribution in [2.24, 2.45) is 0 Å². The molecule has 0 fully saturated rings. The third-order valence-corrected chi connectivity index (χ3v) is 3.95.